The average molecular weight is 393 g/mol. The van der Waals surface area contributed by atoms with Gasteiger partial charge in [0.25, 0.3) is 10.0 Å². The number of aliphatic carboxylic acids is 1. The molecule has 0 amide bonds. The van der Waals surface area contributed by atoms with Crippen LogP contribution >= 0.6 is 0 Å². The van der Waals surface area contributed by atoms with E-state index in [1.54, 1.807) is 19.1 Å². The molecule has 0 spiro atoms. The summed E-state index contributed by atoms with van der Waals surface area (Å²) in [5.41, 5.74) is -0.0643. The monoisotopic (exact) mass is 393 g/mol. The highest BCUT2D eigenvalue weighted by Gasteiger charge is 2.50. The van der Waals surface area contributed by atoms with Gasteiger partial charge in [-0.15, -0.1) is 0 Å². The number of hydrogen-bond donors (Lipinski definition) is 2. The number of carboxylic acids is 1. The van der Waals surface area contributed by atoms with E-state index in [-0.39, 0.29) is 31.0 Å². The summed E-state index contributed by atoms with van der Waals surface area (Å²) >= 11 is 0. The van der Waals surface area contributed by atoms with Gasteiger partial charge in [0.2, 0.25) is 0 Å². The molecule has 0 aliphatic carbocycles. The lowest BCUT2D eigenvalue weighted by atomic mass is 9.72. The molecule has 1 aliphatic rings. The molecule has 0 bridgehead atoms. The summed E-state index contributed by atoms with van der Waals surface area (Å²) in [5, 5.41) is 24.6. The van der Waals surface area contributed by atoms with Crippen LogP contribution in [0, 0.1) is 12.3 Å². The molecular formula is C18H23N3O5S. The van der Waals surface area contributed by atoms with Crippen molar-refractivity contribution in [1.29, 1.82) is 0 Å². The van der Waals surface area contributed by atoms with Crippen LogP contribution in [0.1, 0.15) is 17.7 Å². The zero-order chi connectivity index (χ0) is 19.8. The Labute approximate surface area is 158 Å². The third-order valence-electron chi connectivity index (χ3n) is 5.17. The van der Waals surface area contributed by atoms with Crippen LogP contribution < -0.4 is 0 Å². The molecule has 0 saturated carbocycles. The van der Waals surface area contributed by atoms with Gasteiger partial charge in [0.1, 0.15) is 5.41 Å². The number of rotatable bonds is 5. The fourth-order valence-corrected chi connectivity index (χ4v) is 5.25. The number of carboxylic acid groups (broad SMARTS) is 1. The summed E-state index contributed by atoms with van der Waals surface area (Å²) < 4.78 is 28.2. The molecule has 2 atom stereocenters. The van der Waals surface area contributed by atoms with E-state index in [1.807, 2.05) is 18.2 Å². The van der Waals surface area contributed by atoms with Gasteiger partial charge in [-0.1, -0.05) is 30.3 Å². The summed E-state index contributed by atoms with van der Waals surface area (Å²) in [4.78, 5) is 12.0. The summed E-state index contributed by atoms with van der Waals surface area (Å²) in [6.07, 6.45) is -1.16. The second-order valence-electron chi connectivity index (χ2n) is 7.00. The second kappa shape index (κ2) is 7.06. The van der Waals surface area contributed by atoms with Crippen LogP contribution in [-0.2, 0) is 28.3 Å². The number of piperidine rings is 1. The molecule has 2 N–H and O–H groups in total. The smallest absolute Gasteiger partial charge is 0.312 e. The van der Waals surface area contributed by atoms with E-state index in [1.165, 1.54) is 17.8 Å². The molecular weight excluding hydrogens is 370 g/mol. The molecule has 0 unspecified atom stereocenters. The summed E-state index contributed by atoms with van der Waals surface area (Å²) in [5.74, 6) is -1.12. The Morgan fingerprint density at radius 2 is 2.00 bits per heavy atom. The first kappa shape index (κ1) is 19.5. The van der Waals surface area contributed by atoms with Crippen LogP contribution in [0.25, 0.3) is 0 Å². The fourth-order valence-electron chi connectivity index (χ4n) is 3.62. The van der Waals surface area contributed by atoms with E-state index in [0.29, 0.717) is 5.69 Å². The summed E-state index contributed by atoms with van der Waals surface area (Å²) in [6.45, 7) is 1.44. The van der Waals surface area contributed by atoms with Crippen molar-refractivity contribution < 1.29 is 23.4 Å². The van der Waals surface area contributed by atoms with Crippen LogP contribution in [0.5, 0.6) is 0 Å². The predicted molar refractivity (Wildman–Crippen MR) is 97.5 cm³/mol. The van der Waals surface area contributed by atoms with Gasteiger partial charge in [0.15, 0.2) is 5.03 Å². The molecule has 3 rings (SSSR count). The third kappa shape index (κ3) is 3.50. The van der Waals surface area contributed by atoms with Gasteiger partial charge in [0, 0.05) is 20.1 Å². The third-order valence-corrected chi connectivity index (χ3v) is 7.10. The maximum Gasteiger partial charge on any atom is 0.312 e. The van der Waals surface area contributed by atoms with Crippen molar-refractivity contribution in [2.75, 3.05) is 13.1 Å². The van der Waals surface area contributed by atoms with Crippen molar-refractivity contribution in [3.8, 4) is 0 Å². The van der Waals surface area contributed by atoms with E-state index in [4.69, 9.17) is 0 Å². The zero-order valence-electron chi connectivity index (χ0n) is 15.2. The SMILES string of the molecule is Cc1cc(S(=O)(=O)N2CC[C@](Cc3ccccc3)(C(=O)O)[C@H](O)C2)n(C)n1. The molecule has 1 aromatic heterocycles. The highest BCUT2D eigenvalue weighted by Crippen LogP contribution is 2.37. The number of aliphatic hydroxyl groups excluding tert-OH is 1. The molecule has 1 saturated heterocycles. The number of β-amino-alcohol motifs (C(OH)–C–C–N with tert-alkyl or cyclic N) is 1. The average Bonchev–Trinajstić information content (AvgIpc) is 2.96. The minimum absolute atomic E-state index is 0.0166. The maximum absolute atomic E-state index is 12.9. The molecule has 2 heterocycles. The number of nitrogens with zero attached hydrogens (tertiary/aromatic N) is 3. The topological polar surface area (TPSA) is 113 Å². The Kier molecular flexibility index (Phi) is 5.11. The quantitative estimate of drug-likeness (QED) is 0.777. The molecule has 0 radical (unpaired) electrons. The Hall–Kier alpha value is -2.23. The Morgan fingerprint density at radius 3 is 2.52 bits per heavy atom. The molecule has 1 aromatic carbocycles. The Bertz CT molecular complexity index is 941. The summed E-state index contributed by atoms with van der Waals surface area (Å²) in [7, 11) is -2.33. The van der Waals surface area contributed by atoms with Gasteiger partial charge in [0.05, 0.1) is 11.8 Å². The van der Waals surface area contributed by atoms with Crippen LogP contribution in [0.2, 0.25) is 0 Å². The first-order chi connectivity index (χ1) is 12.7. The normalized spacial score (nSPS) is 24.0. The number of sulfonamides is 1. The van der Waals surface area contributed by atoms with E-state index in [0.717, 1.165) is 9.87 Å². The van der Waals surface area contributed by atoms with Crippen molar-refractivity contribution in [1.82, 2.24) is 14.1 Å². The minimum Gasteiger partial charge on any atom is -0.481 e. The molecule has 146 valence electrons. The number of carbonyl (C=O) groups is 1. The van der Waals surface area contributed by atoms with E-state index in [9.17, 15) is 23.4 Å². The molecule has 1 aliphatic heterocycles. The fraction of sp³-hybridized carbons (Fsp3) is 0.444. The van der Waals surface area contributed by atoms with Gasteiger partial charge in [-0.3, -0.25) is 9.48 Å². The number of benzene rings is 1. The highest BCUT2D eigenvalue weighted by molar-refractivity contribution is 7.89. The maximum atomic E-state index is 12.9. The largest absolute Gasteiger partial charge is 0.481 e. The molecule has 1 fully saturated rings. The number of aryl methyl sites for hydroxylation is 2. The van der Waals surface area contributed by atoms with E-state index < -0.39 is 27.5 Å². The lowest BCUT2D eigenvalue weighted by Crippen LogP contribution is -2.57. The Balaban J connectivity index is 1.87. The van der Waals surface area contributed by atoms with Crippen molar-refractivity contribution in [2.45, 2.75) is 30.9 Å². The van der Waals surface area contributed by atoms with Crippen LogP contribution in [0.4, 0.5) is 0 Å². The van der Waals surface area contributed by atoms with Crippen LogP contribution in [0.3, 0.4) is 0 Å². The van der Waals surface area contributed by atoms with Crippen LogP contribution in [-0.4, -0.2) is 57.9 Å². The van der Waals surface area contributed by atoms with Crippen LogP contribution in [0.15, 0.2) is 41.4 Å². The van der Waals surface area contributed by atoms with Gasteiger partial charge < -0.3 is 10.2 Å². The standard InChI is InChI=1S/C18H23N3O5S/c1-13-10-16(20(2)19-13)27(25,26)21-9-8-18(17(23)24,15(22)12-21)11-14-6-4-3-5-7-14/h3-7,10,15,22H,8-9,11-12H2,1-2H3,(H,23,24)/t15-,18-/m1/s1. The summed E-state index contributed by atoms with van der Waals surface area (Å²) in [6, 6.07) is 10.5. The second-order valence-corrected chi connectivity index (χ2v) is 8.88. The van der Waals surface area contributed by atoms with Crippen molar-refractivity contribution in [2.24, 2.45) is 12.5 Å². The van der Waals surface area contributed by atoms with Gasteiger partial charge in [-0.2, -0.15) is 9.40 Å². The predicted octanol–water partition coefficient (Wildman–Crippen LogP) is 0.798. The van der Waals surface area contributed by atoms with Gasteiger partial charge in [-0.25, -0.2) is 8.42 Å². The van der Waals surface area contributed by atoms with Crippen molar-refractivity contribution in [3.63, 3.8) is 0 Å². The lowest BCUT2D eigenvalue weighted by molar-refractivity contribution is -0.161. The Morgan fingerprint density at radius 1 is 1.33 bits per heavy atom. The first-order valence-corrected chi connectivity index (χ1v) is 10.1. The molecule has 9 heteroatoms. The number of aliphatic hydroxyl groups is 1. The van der Waals surface area contributed by atoms with Crippen molar-refractivity contribution in [3.05, 3.63) is 47.7 Å². The zero-order valence-corrected chi connectivity index (χ0v) is 16.1. The van der Waals surface area contributed by atoms with E-state index >= 15 is 0 Å². The molecule has 2 aromatic rings. The van der Waals surface area contributed by atoms with E-state index in [2.05, 4.69) is 5.10 Å². The number of hydrogen-bond acceptors (Lipinski definition) is 5. The first-order valence-electron chi connectivity index (χ1n) is 8.63. The molecule has 27 heavy (non-hydrogen) atoms. The van der Waals surface area contributed by atoms with Crippen molar-refractivity contribution >= 4 is 16.0 Å². The van der Waals surface area contributed by atoms with Gasteiger partial charge >= 0.3 is 5.97 Å². The van der Waals surface area contributed by atoms with Gasteiger partial charge in [-0.05, 0) is 31.4 Å². The minimum atomic E-state index is -3.87. The highest BCUT2D eigenvalue weighted by atomic mass is 32.2. The molecule has 8 nitrogen and oxygen atoms in total. The lowest BCUT2D eigenvalue weighted by Gasteiger charge is -2.42. The number of aromatic nitrogens is 2.